The molecule has 1 unspecified atom stereocenters. The van der Waals surface area contributed by atoms with Gasteiger partial charge >= 0.3 is 17.9 Å². The third-order valence-corrected chi connectivity index (χ3v) is 5.08. The predicted molar refractivity (Wildman–Crippen MR) is 105 cm³/mol. The molecule has 0 aromatic carbocycles. The number of aliphatic carboxylic acids is 1. The van der Waals surface area contributed by atoms with E-state index >= 15 is 0 Å². The molecule has 9 heteroatoms. The molecule has 0 amide bonds. The molecule has 0 aliphatic heterocycles. The van der Waals surface area contributed by atoms with Crippen molar-refractivity contribution in [3.05, 3.63) is 0 Å². The van der Waals surface area contributed by atoms with Crippen LogP contribution in [0.3, 0.4) is 0 Å². The van der Waals surface area contributed by atoms with Crippen molar-refractivity contribution in [2.75, 3.05) is 13.2 Å². The fraction of sp³-hybridized carbons (Fsp3) is 0.842. The highest BCUT2D eigenvalue weighted by Gasteiger charge is 2.26. The molecule has 0 aromatic rings. The summed E-state index contributed by atoms with van der Waals surface area (Å²) in [4.78, 5) is 33.7. The molecule has 0 heterocycles. The van der Waals surface area contributed by atoms with Crippen LogP contribution in [0.4, 0.5) is 0 Å². The Morgan fingerprint density at radius 1 is 0.821 bits per heavy atom. The van der Waals surface area contributed by atoms with Gasteiger partial charge in [0, 0.05) is 12.8 Å². The molecular formula is C19H34O8S. The van der Waals surface area contributed by atoms with Crippen molar-refractivity contribution in [1.82, 2.24) is 0 Å². The second kappa shape index (κ2) is 17.5. The van der Waals surface area contributed by atoms with Gasteiger partial charge in [-0.1, -0.05) is 58.3 Å². The number of hydrogen-bond acceptors (Lipinski definition) is 7. The summed E-state index contributed by atoms with van der Waals surface area (Å²) in [7, 11) is -3.23. The van der Waals surface area contributed by atoms with Crippen LogP contribution in [0, 0.1) is 0 Å². The lowest BCUT2D eigenvalue weighted by atomic mass is 10.1. The number of thiol groups is 1. The van der Waals surface area contributed by atoms with Crippen molar-refractivity contribution in [3.63, 3.8) is 0 Å². The van der Waals surface area contributed by atoms with Gasteiger partial charge in [-0.2, -0.15) is 0 Å². The largest absolute Gasteiger partial charge is 0.481 e. The van der Waals surface area contributed by atoms with E-state index in [1.54, 1.807) is 0 Å². The van der Waals surface area contributed by atoms with Crippen LogP contribution in [-0.2, 0) is 34.6 Å². The second-order valence-electron chi connectivity index (χ2n) is 6.72. The number of ether oxygens (including phenoxy) is 2. The Kier molecular flexibility index (Phi) is 16.4. The minimum Gasteiger partial charge on any atom is -0.481 e. The molecule has 1 atom stereocenters. The first-order valence-electron chi connectivity index (χ1n) is 10.1. The molecule has 1 N–H and O–H groups in total. The minimum absolute atomic E-state index is 0.0661. The zero-order valence-corrected chi connectivity index (χ0v) is 17.6. The average Bonchev–Trinajstić information content (AvgIpc) is 2.64. The fourth-order valence-corrected chi connectivity index (χ4v) is 3.13. The van der Waals surface area contributed by atoms with Crippen molar-refractivity contribution in [2.45, 2.75) is 89.2 Å². The van der Waals surface area contributed by atoms with Crippen LogP contribution < -0.4 is 0 Å². The summed E-state index contributed by atoms with van der Waals surface area (Å²) in [5, 5.41) is 6.89. The number of carboxylic acids is 1. The van der Waals surface area contributed by atoms with Crippen LogP contribution in [-0.4, -0.2) is 49.9 Å². The van der Waals surface area contributed by atoms with Gasteiger partial charge in [-0.25, -0.2) is 8.42 Å². The summed E-state index contributed by atoms with van der Waals surface area (Å²) in [5.74, 6) is -2.80. The molecule has 0 fully saturated rings. The Hall–Kier alpha value is -1.64. The number of carboxylic acid groups (broad SMARTS) is 1. The molecule has 0 aliphatic rings. The van der Waals surface area contributed by atoms with Gasteiger partial charge < -0.3 is 14.6 Å². The summed E-state index contributed by atoms with van der Waals surface area (Å²) >= 11 is 0. The zero-order chi connectivity index (χ0) is 21.2. The van der Waals surface area contributed by atoms with Gasteiger partial charge in [0.05, 0.1) is 19.6 Å². The fourth-order valence-electron chi connectivity index (χ4n) is 2.58. The molecule has 8 nitrogen and oxygen atoms in total. The van der Waals surface area contributed by atoms with Gasteiger partial charge in [0.25, 0.3) is 0 Å². The Labute approximate surface area is 168 Å². The van der Waals surface area contributed by atoms with Crippen LogP contribution in [0.2, 0.25) is 0 Å². The lowest BCUT2D eigenvalue weighted by Crippen LogP contribution is -2.28. The smallest absolute Gasteiger partial charge is 0.324 e. The van der Waals surface area contributed by atoms with Crippen molar-refractivity contribution >= 4 is 28.6 Å². The van der Waals surface area contributed by atoms with Gasteiger partial charge in [-0.05, 0) is 6.42 Å². The summed E-state index contributed by atoms with van der Waals surface area (Å²) in [6.07, 6.45) is 10.2. The molecule has 0 radical (unpaired) electrons. The number of carbonyl (C=O) groups excluding carboxylic acids is 2. The van der Waals surface area contributed by atoms with Crippen molar-refractivity contribution in [3.8, 4) is 0 Å². The quantitative estimate of drug-likeness (QED) is 0.196. The summed E-state index contributed by atoms with van der Waals surface area (Å²) in [6.45, 7) is 2.13. The zero-order valence-electron chi connectivity index (χ0n) is 16.7. The summed E-state index contributed by atoms with van der Waals surface area (Å²) in [5.41, 5.74) is 0. The standard InChI is InChI=1S/C19H34O8S/c1-2-3-4-5-6-7-8-9-10-12-18(22)26-13-11-14-27-19(23)16(28(24)25)15-17(20)21/h16,28H,2-15H2,1H3,(H,20,21). The van der Waals surface area contributed by atoms with E-state index in [-0.39, 0.29) is 25.6 Å². The van der Waals surface area contributed by atoms with Crippen LogP contribution in [0.25, 0.3) is 0 Å². The van der Waals surface area contributed by atoms with Crippen LogP contribution in [0.5, 0.6) is 0 Å². The van der Waals surface area contributed by atoms with Gasteiger partial charge in [-0.3, -0.25) is 14.4 Å². The van der Waals surface area contributed by atoms with E-state index in [4.69, 9.17) is 14.6 Å². The van der Waals surface area contributed by atoms with Crippen molar-refractivity contribution in [2.24, 2.45) is 0 Å². The number of rotatable bonds is 18. The van der Waals surface area contributed by atoms with Crippen molar-refractivity contribution < 1.29 is 37.4 Å². The number of carbonyl (C=O) groups is 3. The summed E-state index contributed by atoms with van der Waals surface area (Å²) < 4.78 is 31.5. The van der Waals surface area contributed by atoms with Crippen molar-refractivity contribution in [1.29, 1.82) is 0 Å². The van der Waals surface area contributed by atoms with Crippen LogP contribution in [0.15, 0.2) is 0 Å². The van der Waals surface area contributed by atoms with E-state index in [1.807, 2.05) is 0 Å². The van der Waals surface area contributed by atoms with Gasteiger partial charge in [0.15, 0.2) is 16.0 Å². The molecule has 0 rings (SSSR count). The average molecular weight is 423 g/mol. The van der Waals surface area contributed by atoms with E-state index in [0.717, 1.165) is 19.3 Å². The maximum Gasteiger partial charge on any atom is 0.324 e. The maximum absolute atomic E-state index is 11.6. The maximum atomic E-state index is 11.6. The molecule has 0 aliphatic carbocycles. The Bertz CT molecular complexity index is 522. The normalized spacial score (nSPS) is 11.9. The third kappa shape index (κ3) is 15.4. The Morgan fingerprint density at radius 2 is 1.36 bits per heavy atom. The van der Waals surface area contributed by atoms with Crippen LogP contribution in [0.1, 0.15) is 84.0 Å². The van der Waals surface area contributed by atoms with E-state index in [0.29, 0.717) is 6.42 Å². The first kappa shape index (κ1) is 26.4. The monoisotopic (exact) mass is 422 g/mol. The first-order valence-corrected chi connectivity index (χ1v) is 11.3. The van der Waals surface area contributed by atoms with E-state index in [1.165, 1.54) is 38.5 Å². The number of hydrogen-bond donors (Lipinski definition) is 2. The second-order valence-corrected chi connectivity index (χ2v) is 7.91. The summed E-state index contributed by atoms with van der Waals surface area (Å²) in [6, 6.07) is 0. The lowest BCUT2D eigenvalue weighted by molar-refractivity contribution is -0.148. The van der Waals surface area contributed by atoms with E-state index < -0.39 is 34.3 Å². The molecule has 0 spiro atoms. The van der Waals surface area contributed by atoms with Gasteiger partial charge in [-0.15, -0.1) is 0 Å². The van der Waals surface area contributed by atoms with Crippen LogP contribution >= 0.6 is 0 Å². The molecule has 28 heavy (non-hydrogen) atoms. The molecule has 0 aromatic heterocycles. The SMILES string of the molecule is CCCCCCCCCCCC(=O)OCCCOC(=O)C(CC(=O)O)[SH](=O)=O. The van der Waals surface area contributed by atoms with E-state index in [2.05, 4.69) is 6.92 Å². The highest BCUT2D eigenvalue weighted by atomic mass is 32.2. The molecule has 0 saturated heterocycles. The number of esters is 2. The molecule has 0 bridgehead atoms. The third-order valence-electron chi connectivity index (χ3n) is 4.18. The Morgan fingerprint density at radius 3 is 1.89 bits per heavy atom. The minimum atomic E-state index is -3.23. The Balaban J connectivity index is 3.63. The molecular weight excluding hydrogens is 388 g/mol. The lowest BCUT2D eigenvalue weighted by Gasteiger charge is -2.09. The highest BCUT2D eigenvalue weighted by Crippen LogP contribution is 2.10. The van der Waals surface area contributed by atoms with E-state index in [9.17, 15) is 22.8 Å². The first-order chi connectivity index (χ1) is 13.4. The van der Waals surface area contributed by atoms with Gasteiger partial charge in [0.1, 0.15) is 0 Å². The molecule has 0 saturated carbocycles. The highest BCUT2D eigenvalue weighted by molar-refractivity contribution is 7.74. The topological polar surface area (TPSA) is 124 Å². The predicted octanol–water partition coefficient (Wildman–Crippen LogP) is 2.84. The van der Waals surface area contributed by atoms with Gasteiger partial charge in [0.2, 0.25) is 0 Å². The molecule has 164 valence electrons. The number of unbranched alkanes of at least 4 members (excludes halogenated alkanes) is 8.